The predicted molar refractivity (Wildman–Crippen MR) is 75.8 cm³/mol. The van der Waals surface area contributed by atoms with Crippen molar-refractivity contribution in [2.75, 3.05) is 19.6 Å². The van der Waals surface area contributed by atoms with E-state index in [1.54, 1.807) is 4.90 Å². The van der Waals surface area contributed by atoms with Gasteiger partial charge in [-0.15, -0.1) is 0 Å². The van der Waals surface area contributed by atoms with Gasteiger partial charge in [-0.3, -0.25) is 14.9 Å². The minimum atomic E-state index is -0.559. The first-order valence-electron chi connectivity index (χ1n) is 6.29. The van der Waals surface area contributed by atoms with E-state index in [0.717, 1.165) is 6.42 Å². The molecule has 2 rings (SSSR count). The normalized spacial score (nSPS) is 22.1. The van der Waals surface area contributed by atoms with E-state index >= 15 is 0 Å². The monoisotopic (exact) mass is 297 g/mol. The summed E-state index contributed by atoms with van der Waals surface area (Å²) >= 11 is 5.83. The highest BCUT2D eigenvalue weighted by Gasteiger charge is 2.35. The van der Waals surface area contributed by atoms with Crippen LogP contribution in [0.3, 0.4) is 0 Å². The molecule has 6 nitrogen and oxygen atoms in total. The van der Waals surface area contributed by atoms with Gasteiger partial charge in [-0.25, -0.2) is 0 Å². The Labute approximate surface area is 121 Å². The molecule has 1 aliphatic rings. The number of carbonyl (C=O) groups excluding carboxylic acids is 1. The fourth-order valence-electron chi connectivity index (χ4n) is 2.35. The number of rotatable bonds is 3. The molecular formula is C13H16ClN3O3. The number of amides is 1. The van der Waals surface area contributed by atoms with Crippen LogP contribution in [0.15, 0.2) is 18.2 Å². The highest BCUT2D eigenvalue weighted by Crippen LogP contribution is 2.30. The fraction of sp³-hybridized carbons (Fsp3) is 0.462. The SMILES string of the molecule is CC1(CN)CCN(C(=O)c2cc(Cl)cc([N+](=O)[O-])c2)C1. The van der Waals surface area contributed by atoms with Crippen LogP contribution in [0.4, 0.5) is 5.69 Å². The Balaban J connectivity index is 2.24. The summed E-state index contributed by atoms with van der Waals surface area (Å²) in [6, 6.07) is 3.94. The van der Waals surface area contributed by atoms with Gasteiger partial charge >= 0.3 is 0 Å². The standard InChI is InChI=1S/C13H16ClN3O3/c1-13(7-15)2-3-16(8-13)12(18)9-4-10(14)6-11(5-9)17(19)20/h4-6H,2-3,7-8,15H2,1H3. The molecule has 20 heavy (non-hydrogen) atoms. The maximum atomic E-state index is 12.4. The van der Waals surface area contributed by atoms with E-state index in [4.69, 9.17) is 17.3 Å². The predicted octanol–water partition coefficient (Wildman–Crippen LogP) is 2.06. The maximum absolute atomic E-state index is 12.4. The Kier molecular flexibility index (Phi) is 3.96. The molecule has 0 aromatic heterocycles. The zero-order valence-corrected chi connectivity index (χ0v) is 11.9. The number of hydrogen-bond acceptors (Lipinski definition) is 4. The Bertz CT molecular complexity index is 564. The van der Waals surface area contributed by atoms with Crippen LogP contribution in [0.25, 0.3) is 0 Å². The van der Waals surface area contributed by atoms with E-state index in [1.807, 2.05) is 6.92 Å². The smallest absolute Gasteiger partial charge is 0.271 e. The van der Waals surface area contributed by atoms with Crippen LogP contribution in [0.1, 0.15) is 23.7 Å². The lowest BCUT2D eigenvalue weighted by Gasteiger charge is -2.22. The number of hydrogen-bond donors (Lipinski definition) is 1. The number of benzene rings is 1. The third kappa shape index (κ3) is 2.91. The molecule has 1 fully saturated rings. The third-order valence-electron chi connectivity index (χ3n) is 3.68. The lowest BCUT2D eigenvalue weighted by Crippen LogP contribution is -2.34. The molecule has 1 aromatic carbocycles. The van der Waals surface area contributed by atoms with E-state index < -0.39 is 4.92 Å². The number of nitro benzene ring substituents is 1. The molecule has 2 N–H and O–H groups in total. The van der Waals surface area contributed by atoms with Crippen LogP contribution >= 0.6 is 11.6 Å². The van der Waals surface area contributed by atoms with Gasteiger partial charge in [0.2, 0.25) is 0 Å². The molecule has 1 heterocycles. The van der Waals surface area contributed by atoms with Gasteiger partial charge < -0.3 is 10.6 Å². The first-order valence-corrected chi connectivity index (χ1v) is 6.67. The average molecular weight is 298 g/mol. The van der Waals surface area contributed by atoms with Gasteiger partial charge in [-0.1, -0.05) is 18.5 Å². The fourth-order valence-corrected chi connectivity index (χ4v) is 2.58. The van der Waals surface area contributed by atoms with Gasteiger partial charge in [0.25, 0.3) is 11.6 Å². The second-order valence-electron chi connectivity index (χ2n) is 5.45. The van der Waals surface area contributed by atoms with Crippen molar-refractivity contribution in [1.82, 2.24) is 4.90 Å². The first kappa shape index (κ1) is 14.7. The molecule has 108 valence electrons. The largest absolute Gasteiger partial charge is 0.338 e. The summed E-state index contributed by atoms with van der Waals surface area (Å²) < 4.78 is 0. The van der Waals surface area contributed by atoms with E-state index in [0.29, 0.717) is 19.6 Å². The van der Waals surface area contributed by atoms with Crippen molar-refractivity contribution < 1.29 is 9.72 Å². The molecule has 0 aliphatic carbocycles. The Hall–Kier alpha value is -1.66. The Morgan fingerprint density at radius 3 is 2.80 bits per heavy atom. The number of nitrogens with zero attached hydrogens (tertiary/aromatic N) is 2. The van der Waals surface area contributed by atoms with Crippen molar-refractivity contribution in [2.45, 2.75) is 13.3 Å². The van der Waals surface area contributed by atoms with E-state index in [-0.39, 0.29) is 27.6 Å². The van der Waals surface area contributed by atoms with E-state index in [9.17, 15) is 14.9 Å². The van der Waals surface area contributed by atoms with Crippen molar-refractivity contribution in [2.24, 2.45) is 11.1 Å². The van der Waals surface area contributed by atoms with Crippen molar-refractivity contribution in [3.8, 4) is 0 Å². The molecule has 0 radical (unpaired) electrons. The van der Waals surface area contributed by atoms with Gasteiger partial charge in [-0.05, 0) is 24.4 Å². The highest BCUT2D eigenvalue weighted by molar-refractivity contribution is 6.31. The summed E-state index contributed by atoms with van der Waals surface area (Å²) in [4.78, 5) is 24.3. The highest BCUT2D eigenvalue weighted by atomic mass is 35.5. The van der Waals surface area contributed by atoms with Gasteiger partial charge in [-0.2, -0.15) is 0 Å². The summed E-state index contributed by atoms with van der Waals surface area (Å²) in [5.74, 6) is -0.243. The van der Waals surface area contributed by atoms with E-state index in [2.05, 4.69) is 0 Å². The topological polar surface area (TPSA) is 89.5 Å². The molecule has 1 aromatic rings. The zero-order valence-electron chi connectivity index (χ0n) is 11.1. The summed E-state index contributed by atoms with van der Waals surface area (Å²) in [5, 5.41) is 11.0. The number of halogens is 1. The molecule has 1 atom stereocenters. The Morgan fingerprint density at radius 2 is 2.25 bits per heavy atom. The number of likely N-dealkylation sites (tertiary alicyclic amines) is 1. The van der Waals surface area contributed by atoms with Gasteiger partial charge in [0, 0.05) is 35.8 Å². The number of carbonyl (C=O) groups is 1. The minimum absolute atomic E-state index is 0.0832. The second-order valence-corrected chi connectivity index (χ2v) is 5.88. The average Bonchev–Trinajstić information content (AvgIpc) is 2.80. The van der Waals surface area contributed by atoms with Crippen molar-refractivity contribution in [3.05, 3.63) is 38.9 Å². The summed E-state index contributed by atoms with van der Waals surface area (Å²) in [7, 11) is 0. The first-order chi connectivity index (χ1) is 9.34. The Morgan fingerprint density at radius 1 is 1.55 bits per heavy atom. The van der Waals surface area contributed by atoms with Crippen molar-refractivity contribution >= 4 is 23.2 Å². The quantitative estimate of drug-likeness (QED) is 0.683. The van der Waals surface area contributed by atoms with Crippen LogP contribution in [-0.4, -0.2) is 35.4 Å². The number of nitro groups is 1. The molecule has 0 saturated carbocycles. The van der Waals surface area contributed by atoms with Gasteiger partial charge in [0.1, 0.15) is 0 Å². The number of nitrogens with two attached hydrogens (primary N) is 1. The van der Waals surface area contributed by atoms with Gasteiger partial charge in [0.15, 0.2) is 0 Å². The third-order valence-corrected chi connectivity index (χ3v) is 3.90. The molecule has 1 aliphatic heterocycles. The van der Waals surface area contributed by atoms with Crippen LogP contribution in [0, 0.1) is 15.5 Å². The summed E-state index contributed by atoms with van der Waals surface area (Å²) in [5.41, 5.74) is 5.69. The van der Waals surface area contributed by atoms with Crippen molar-refractivity contribution in [3.63, 3.8) is 0 Å². The molecule has 1 amide bonds. The van der Waals surface area contributed by atoms with Gasteiger partial charge in [0.05, 0.1) is 4.92 Å². The number of non-ortho nitro benzene ring substituents is 1. The van der Waals surface area contributed by atoms with Crippen LogP contribution < -0.4 is 5.73 Å². The van der Waals surface area contributed by atoms with Crippen LogP contribution in [0.5, 0.6) is 0 Å². The molecule has 1 saturated heterocycles. The molecule has 1 unspecified atom stereocenters. The zero-order chi connectivity index (χ0) is 14.9. The van der Waals surface area contributed by atoms with E-state index in [1.165, 1.54) is 18.2 Å². The second kappa shape index (κ2) is 5.38. The molecular weight excluding hydrogens is 282 g/mol. The molecule has 0 spiro atoms. The van der Waals surface area contributed by atoms with Crippen LogP contribution in [0.2, 0.25) is 5.02 Å². The molecule has 7 heteroatoms. The molecule has 0 bridgehead atoms. The minimum Gasteiger partial charge on any atom is -0.338 e. The maximum Gasteiger partial charge on any atom is 0.271 e. The lowest BCUT2D eigenvalue weighted by atomic mass is 9.90. The van der Waals surface area contributed by atoms with Crippen molar-refractivity contribution in [1.29, 1.82) is 0 Å². The summed E-state index contributed by atoms with van der Waals surface area (Å²) in [6.07, 6.45) is 0.831. The summed E-state index contributed by atoms with van der Waals surface area (Å²) in [6.45, 7) is 3.70. The lowest BCUT2D eigenvalue weighted by molar-refractivity contribution is -0.384. The van der Waals surface area contributed by atoms with Crippen LogP contribution in [-0.2, 0) is 0 Å².